The van der Waals surface area contributed by atoms with Gasteiger partial charge in [0.1, 0.15) is 5.75 Å². The van der Waals surface area contributed by atoms with Crippen molar-refractivity contribution < 1.29 is 14.3 Å². The van der Waals surface area contributed by atoms with E-state index in [4.69, 9.17) is 4.74 Å². The van der Waals surface area contributed by atoms with Crippen LogP contribution in [-0.4, -0.2) is 19.2 Å². The molecule has 3 heteroatoms. The first-order chi connectivity index (χ1) is 7.17. The second kappa shape index (κ2) is 5.39. The highest BCUT2D eigenvalue weighted by atomic mass is 16.5. The molecule has 0 bridgehead atoms. The Balaban J connectivity index is 2.68. The summed E-state index contributed by atoms with van der Waals surface area (Å²) in [6.07, 6.45) is 1.15. The van der Waals surface area contributed by atoms with Gasteiger partial charge in [0.15, 0.2) is 0 Å². The molecule has 1 aromatic rings. The number of carbonyl (C=O) groups is 1. The van der Waals surface area contributed by atoms with Crippen LogP contribution in [0.4, 0.5) is 0 Å². The fourth-order valence-electron chi connectivity index (χ4n) is 1.10. The fraction of sp³-hybridized carbons (Fsp3) is 0.417. The molecule has 0 aliphatic carbocycles. The van der Waals surface area contributed by atoms with Crippen LogP contribution in [0.3, 0.4) is 0 Å². The lowest BCUT2D eigenvalue weighted by Gasteiger charge is -2.12. The number of esters is 1. The van der Waals surface area contributed by atoms with Crippen LogP contribution in [-0.2, 0) is 4.74 Å². The molecular formula is C12H16O3. The van der Waals surface area contributed by atoms with Crippen LogP contribution in [0, 0.1) is 0 Å². The monoisotopic (exact) mass is 208 g/mol. The van der Waals surface area contributed by atoms with Gasteiger partial charge in [-0.3, -0.25) is 0 Å². The van der Waals surface area contributed by atoms with Gasteiger partial charge in [0.05, 0.1) is 18.8 Å². The van der Waals surface area contributed by atoms with Crippen molar-refractivity contribution >= 4 is 5.97 Å². The lowest BCUT2D eigenvalue weighted by atomic mass is 10.2. The zero-order valence-corrected chi connectivity index (χ0v) is 9.32. The largest absolute Gasteiger partial charge is 0.491 e. The van der Waals surface area contributed by atoms with Gasteiger partial charge in [0, 0.05) is 0 Å². The first kappa shape index (κ1) is 11.6. The summed E-state index contributed by atoms with van der Waals surface area (Å²) in [5.41, 5.74) is 0.536. The van der Waals surface area contributed by atoms with Gasteiger partial charge >= 0.3 is 5.97 Å². The number of ether oxygens (including phenoxy) is 2. The fourth-order valence-corrected chi connectivity index (χ4v) is 1.10. The summed E-state index contributed by atoms with van der Waals surface area (Å²) < 4.78 is 10.2. The highest BCUT2D eigenvalue weighted by Crippen LogP contribution is 2.15. The number of methoxy groups -OCH3 is 1. The van der Waals surface area contributed by atoms with Crippen molar-refractivity contribution in [1.29, 1.82) is 0 Å². The molecule has 1 aromatic carbocycles. The molecule has 3 nitrogen and oxygen atoms in total. The number of hydrogen-bond acceptors (Lipinski definition) is 3. The molecule has 0 fully saturated rings. The Morgan fingerprint density at radius 1 is 1.33 bits per heavy atom. The lowest BCUT2D eigenvalue weighted by molar-refractivity contribution is 0.0600. The molecule has 15 heavy (non-hydrogen) atoms. The van der Waals surface area contributed by atoms with Crippen molar-refractivity contribution in [3.05, 3.63) is 29.8 Å². The van der Waals surface area contributed by atoms with Crippen molar-refractivity contribution in [2.75, 3.05) is 7.11 Å². The Hall–Kier alpha value is -1.51. The van der Waals surface area contributed by atoms with Gasteiger partial charge in [-0.2, -0.15) is 0 Å². The van der Waals surface area contributed by atoms with E-state index in [2.05, 4.69) is 11.7 Å². The van der Waals surface area contributed by atoms with Crippen LogP contribution >= 0.6 is 0 Å². The van der Waals surface area contributed by atoms with E-state index in [0.717, 1.165) is 12.2 Å². The average molecular weight is 208 g/mol. The maximum atomic E-state index is 11.1. The second-order valence-electron chi connectivity index (χ2n) is 3.35. The van der Waals surface area contributed by atoms with Crippen molar-refractivity contribution in [3.63, 3.8) is 0 Å². The summed E-state index contributed by atoms with van der Waals surface area (Å²) in [6.45, 7) is 4.07. The zero-order valence-electron chi connectivity index (χ0n) is 9.32. The summed E-state index contributed by atoms with van der Waals surface area (Å²) in [7, 11) is 1.37. The molecule has 0 spiro atoms. The topological polar surface area (TPSA) is 35.5 Å². The molecule has 0 saturated carbocycles. The maximum Gasteiger partial charge on any atom is 0.337 e. The third-order valence-electron chi connectivity index (χ3n) is 2.19. The molecule has 0 N–H and O–H groups in total. The van der Waals surface area contributed by atoms with Crippen molar-refractivity contribution in [3.8, 4) is 5.75 Å². The van der Waals surface area contributed by atoms with E-state index in [0.29, 0.717) is 5.56 Å². The SMILES string of the molecule is CC[C@@H](C)Oc1ccc(C(=O)OC)cc1. The summed E-state index contributed by atoms with van der Waals surface area (Å²) >= 11 is 0. The van der Waals surface area contributed by atoms with Crippen molar-refractivity contribution in [2.45, 2.75) is 26.4 Å². The average Bonchev–Trinajstić information content (AvgIpc) is 2.29. The molecule has 1 atom stereocenters. The van der Waals surface area contributed by atoms with Gasteiger partial charge < -0.3 is 9.47 Å². The van der Waals surface area contributed by atoms with E-state index in [1.54, 1.807) is 24.3 Å². The van der Waals surface area contributed by atoms with Crippen LogP contribution in [0.1, 0.15) is 30.6 Å². The molecule has 0 aliphatic heterocycles. The standard InChI is InChI=1S/C12H16O3/c1-4-9(2)15-11-7-5-10(6-8-11)12(13)14-3/h5-9H,4H2,1-3H3/t9-/m1/s1. The molecule has 0 amide bonds. The normalized spacial score (nSPS) is 11.9. The van der Waals surface area contributed by atoms with E-state index in [9.17, 15) is 4.79 Å². The second-order valence-corrected chi connectivity index (χ2v) is 3.35. The quantitative estimate of drug-likeness (QED) is 0.713. The van der Waals surface area contributed by atoms with Crippen LogP contribution in [0.15, 0.2) is 24.3 Å². The van der Waals surface area contributed by atoms with Gasteiger partial charge in [-0.15, -0.1) is 0 Å². The maximum absolute atomic E-state index is 11.1. The van der Waals surface area contributed by atoms with E-state index >= 15 is 0 Å². The molecule has 0 unspecified atom stereocenters. The Bertz CT molecular complexity index is 316. The van der Waals surface area contributed by atoms with Crippen LogP contribution < -0.4 is 4.74 Å². The molecule has 0 aliphatic rings. The molecule has 82 valence electrons. The molecule has 0 heterocycles. The molecule has 0 radical (unpaired) electrons. The third-order valence-corrected chi connectivity index (χ3v) is 2.19. The Morgan fingerprint density at radius 2 is 1.93 bits per heavy atom. The molecule has 0 saturated heterocycles. The third kappa shape index (κ3) is 3.27. The van der Waals surface area contributed by atoms with Gasteiger partial charge in [0.25, 0.3) is 0 Å². The Labute approximate surface area is 90.0 Å². The summed E-state index contributed by atoms with van der Waals surface area (Å²) in [6, 6.07) is 6.95. The lowest BCUT2D eigenvalue weighted by Crippen LogP contribution is -2.09. The first-order valence-corrected chi connectivity index (χ1v) is 5.02. The van der Waals surface area contributed by atoms with Crippen LogP contribution in [0.2, 0.25) is 0 Å². The number of rotatable bonds is 4. The summed E-state index contributed by atoms with van der Waals surface area (Å²) in [4.78, 5) is 11.1. The van der Waals surface area contributed by atoms with Gasteiger partial charge in [-0.05, 0) is 37.6 Å². The minimum absolute atomic E-state index is 0.189. The number of carbonyl (C=O) groups excluding carboxylic acids is 1. The van der Waals surface area contributed by atoms with E-state index in [1.165, 1.54) is 7.11 Å². The highest BCUT2D eigenvalue weighted by molar-refractivity contribution is 5.89. The van der Waals surface area contributed by atoms with Gasteiger partial charge in [-0.1, -0.05) is 6.92 Å². The van der Waals surface area contributed by atoms with Gasteiger partial charge in [0.2, 0.25) is 0 Å². The molecule has 0 aromatic heterocycles. The van der Waals surface area contributed by atoms with E-state index in [1.807, 2.05) is 6.92 Å². The van der Waals surface area contributed by atoms with Crippen LogP contribution in [0.25, 0.3) is 0 Å². The van der Waals surface area contributed by atoms with Crippen LogP contribution in [0.5, 0.6) is 5.75 Å². The molecular weight excluding hydrogens is 192 g/mol. The minimum atomic E-state index is -0.329. The minimum Gasteiger partial charge on any atom is -0.491 e. The summed E-state index contributed by atoms with van der Waals surface area (Å²) in [5, 5.41) is 0. The number of hydrogen-bond donors (Lipinski definition) is 0. The van der Waals surface area contributed by atoms with E-state index < -0.39 is 0 Å². The first-order valence-electron chi connectivity index (χ1n) is 5.02. The Kier molecular flexibility index (Phi) is 4.16. The zero-order chi connectivity index (χ0) is 11.3. The summed E-state index contributed by atoms with van der Waals surface area (Å²) in [5.74, 6) is 0.446. The molecule has 1 rings (SSSR count). The smallest absolute Gasteiger partial charge is 0.337 e. The highest BCUT2D eigenvalue weighted by Gasteiger charge is 2.05. The van der Waals surface area contributed by atoms with Crippen molar-refractivity contribution in [2.24, 2.45) is 0 Å². The predicted molar refractivity (Wildman–Crippen MR) is 58.2 cm³/mol. The number of benzene rings is 1. The van der Waals surface area contributed by atoms with E-state index in [-0.39, 0.29) is 12.1 Å². The Morgan fingerprint density at radius 3 is 2.40 bits per heavy atom. The van der Waals surface area contributed by atoms with Crippen molar-refractivity contribution in [1.82, 2.24) is 0 Å². The van der Waals surface area contributed by atoms with Gasteiger partial charge in [-0.25, -0.2) is 4.79 Å². The predicted octanol–water partition coefficient (Wildman–Crippen LogP) is 2.65.